The van der Waals surface area contributed by atoms with Crippen molar-refractivity contribution >= 4 is 10.9 Å². The molecular formula is C15H18N4. The van der Waals surface area contributed by atoms with E-state index in [9.17, 15) is 0 Å². The number of fused-ring (bicyclic) bond motifs is 1. The first-order valence-electron chi connectivity index (χ1n) is 6.53. The van der Waals surface area contributed by atoms with Crippen LogP contribution in [-0.2, 0) is 26.6 Å². The molecule has 0 aliphatic heterocycles. The normalized spacial score (nSPS) is 11.3. The summed E-state index contributed by atoms with van der Waals surface area (Å²) in [4.78, 5) is 0. The number of aryl methyl sites for hydroxylation is 3. The number of rotatable bonds is 4. The van der Waals surface area contributed by atoms with Gasteiger partial charge < -0.3 is 10.3 Å². The average Bonchev–Trinajstić information content (AvgIpc) is 2.99. The van der Waals surface area contributed by atoms with Gasteiger partial charge >= 0.3 is 0 Å². The van der Waals surface area contributed by atoms with E-state index in [2.05, 4.69) is 46.1 Å². The van der Waals surface area contributed by atoms with Crippen molar-refractivity contribution in [3.8, 4) is 0 Å². The predicted octanol–water partition coefficient (Wildman–Crippen LogP) is 2.08. The van der Waals surface area contributed by atoms with E-state index in [0.717, 1.165) is 13.0 Å². The van der Waals surface area contributed by atoms with Crippen molar-refractivity contribution in [2.24, 2.45) is 12.8 Å². The van der Waals surface area contributed by atoms with Gasteiger partial charge in [-0.2, -0.15) is 5.10 Å². The summed E-state index contributed by atoms with van der Waals surface area (Å²) in [7, 11) is 1.98. The van der Waals surface area contributed by atoms with Crippen LogP contribution in [0, 0.1) is 0 Å². The molecule has 2 heterocycles. The molecule has 0 aliphatic carbocycles. The second-order valence-electron chi connectivity index (χ2n) is 4.75. The Labute approximate surface area is 112 Å². The fourth-order valence-electron chi connectivity index (χ4n) is 2.57. The number of para-hydroxylation sites is 1. The van der Waals surface area contributed by atoms with E-state index >= 15 is 0 Å². The minimum Gasteiger partial charge on any atom is -0.343 e. The Morgan fingerprint density at radius 3 is 2.74 bits per heavy atom. The fourth-order valence-corrected chi connectivity index (χ4v) is 2.57. The zero-order chi connectivity index (χ0) is 13.2. The summed E-state index contributed by atoms with van der Waals surface area (Å²) in [5.74, 6) is 0. The zero-order valence-corrected chi connectivity index (χ0v) is 11.1. The molecule has 4 heteroatoms. The SMILES string of the molecule is Cn1nccc1CCn1c(CN)cc2ccccc21. The maximum absolute atomic E-state index is 5.85. The first kappa shape index (κ1) is 12.0. The minimum absolute atomic E-state index is 0.570. The molecule has 98 valence electrons. The lowest BCUT2D eigenvalue weighted by Gasteiger charge is -2.09. The van der Waals surface area contributed by atoms with Gasteiger partial charge in [-0.05, 0) is 23.6 Å². The van der Waals surface area contributed by atoms with Crippen molar-refractivity contribution in [1.29, 1.82) is 0 Å². The van der Waals surface area contributed by atoms with Crippen molar-refractivity contribution in [2.45, 2.75) is 19.5 Å². The third-order valence-corrected chi connectivity index (χ3v) is 3.62. The van der Waals surface area contributed by atoms with Crippen molar-refractivity contribution in [1.82, 2.24) is 14.3 Å². The Bertz CT molecular complexity index is 693. The smallest absolute Gasteiger partial charge is 0.0492 e. The van der Waals surface area contributed by atoms with Gasteiger partial charge in [-0.25, -0.2) is 0 Å². The van der Waals surface area contributed by atoms with Gasteiger partial charge in [-0.3, -0.25) is 4.68 Å². The third-order valence-electron chi connectivity index (χ3n) is 3.62. The summed E-state index contributed by atoms with van der Waals surface area (Å²) >= 11 is 0. The van der Waals surface area contributed by atoms with Crippen LogP contribution in [0.5, 0.6) is 0 Å². The Balaban J connectivity index is 1.93. The van der Waals surface area contributed by atoms with Crippen molar-refractivity contribution in [3.63, 3.8) is 0 Å². The molecule has 0 atom stereocenters. The molecular weight excluding hydrogens is 236 g/mol. The van der Waals surface area contributed by atoms with Gasteiger partial charge in [0, 0.05) is 49.7 Å². The fraction of sp³-hybridized carbons (Fsp3) is 0.267. The molecule has 0 amide bonds. The second kappa shape index (κ2) is 4.90. The van der Waals surface area contributed by atoms with E-state index < -0.39 is 0 Å². The molecule has 19 heavy (non-hydrogen) atoms. The van der Waals surface area contributed by atoms with Gasteiger partial charge in [0.1, 0.15) is 0 Å². The molecule has 2 N–H and O–H groups in total. The number of aromatic nitrogens is 3. The van der Waals surface area contributed by atoms with E-state index in [-0.39, 0.29) is 0 Å². The third kappa shape index (κ3) is 2.15. The lowest BCUT2D eigenvalue weighted by molar-refractivity contribution is 0.632. The van der Waals surface area contributed by atoms with Crippen molar-refractivity contribution < 1.29 is 0 Å². The van der Waals surface area contributed by atoms with Crippen LogP contribution >= 0.6 is 0 Å². The summed E-state index contributed by atoms with van der Waals surface area (Å²) < 4.78 is 4.23. The van der Waals surface area contributed by atoms with Crippen LogP contribution in [0.25, 0.3) is 10.9 Å². The van der Waals surface area contributed by atoms with Crippen molar-refractivity contribution in [3.05, 3.63) is 54.0 Å². The first-order valence-corrected chi connectivity index (χ1v) is 6.53. The Hall–Kier alpha value is -2.07. The number of nitrogens with two attached hydrogens (primary N) is 1. The molecule has 0 saturated heterocycles. The molecule has 4 nitrogen and oxygen atoms in total. The zero-order valence-electron chi connectivity index (χ0n) is 11.1. The summed E-state index contributed by atoms with van der Waals surface area (Å²) in [6.07, 6.45) is 2.80. The molecule has 0 radical (unpaired) electrons. The Morgan fingerprint density at radius 2 is 2.00 bits per heavy atom. The van der Waals surface area contributed by atoms with Crippen LogP contribution in [0.2, 0.25) is 0 Å². The highest BCUT2D eigenvalue weighted by atomic mass is 15.3. The molecule has 0 fully saturated rings. The molecule has 0 unspecified atom stereocenters. The maximum Gasteiger partial charge on any atom is 0.0492 e. The molecule has 1 aromatic carbocycles. The molecule has 2 aromatic heterocycles. The van der Waals surface area contributed by atoms with E-state index in [1.54, 1.807) is 0 Å². The van der Waals surface area contributed by atoms with Crippen LogP contribution in [0.3, 0.4) is 0 Å². The van der Waals surface area contributed by atoms with Gasteiger partial charge in [-0.1, -0.05) is 18.2 Å². The summed E-state index contributed by atoms with van der Waals surface area (Å²) in [5.41, 5.74) is 9.53. The monoisotopic (exact) mass is 254 g/mol. The lowest BCUT2D eigenvalue weighted by atomic mass is 10.2. The van der Waals surface area contributed by atoms with E-state index in [1.807, 2.05) is 17.9 Å². The topological polar surface area (TPSA) is 48.8 Å². The Kier molecular flexibility index (Phi) is 3.09. The number of nitrogens with zero attached hydrogens (tertiary/aromatic N) is 3. The highest BCUT2D eigenvalue weighted by Crippen LogP contribution is 2.20. The van der Waals surface area contributed by atoms with Crippen LogP contribution in [0.15, 0.2) is 42.6 Å². The molecule has 0 spiro atoms. The molecule has 3 aromatic rings. The highest BCUT2D eigenvalue weighted by molar-refractivity contribution is 5.81. The van der Waals surface area contributed by atoms with E-state index in [1.165, 1.54) is 22.3 Å². The molecule has 0 bridgehead atoms. The number of hydrogen-bond acceptors (Lipinski definition) is 2. The first-order chi connectivity index (χ1) is 9.29. The van der Waals surface area contributed by atoms with Crippen molar-refractivity contribution in [2.75, 3.05) is 0 Å². The van der Waals surface area contributed by atoms with E-state index in [0.29, 0.717) is 6.54 Å². The predicted molar refractivity (Wildman–Crippen MR) is 76.7 cm³/mol. The van der Waals surface area contributed by atoms with Gasteiger partial charge in [0.05, 0.1) is 0 Å². The standard InChI is InChI=1S/C15H18N4/c1-18-13(6-8-17-18)7-9-19-14(11-16)10-12-4-2-3-5-15(12)19/h2-6,8,10H,7,9,11,16H2,1H3. The lowest BCUT2D eigenvalue weighted by Crippen LogP contribution is -2.10. The van der Waals surface area contributed by atoms with Crippen LogP contribution in [0.1, 0.15) is 11.4 Å². The van der Waals surface area contributed by atoms with Gasteiger partial charge in [0.2, 0.25) is 0 Å². The summed E-state index contributed by atoms with van der Waals surface area (Å²) in [5, 5.41) is 5.46. The van der Waals surface area contributed by atoms with Crippen LogP contribution in [0.4, 0.5) is 0 Å². The molecule has 3 rings (SSSR count). The summed E-state index contributed by atoms with van der Waals surface area (Å²) in [6, 6.07) is 12.7. The number of hydrogen-bond donors (Lipinski definition) is 1. The second-order valence-corrected chi connectivity index (χ2v) is 4.75. The number of benzene rings is 1. The average molecular weight is 254 g/mol. The van der Waals surface area contributed by atoms with Gasteiger partial charge in [0.25, 0.3) is 0 Å². The highest BCUT2D eigenvalue weighted by Gasteiger charge is 2.08. The Morgan fingerprint density at radius 1 is 1.16 bits per heavy atom. The molecule has 0 aliphatic rings. The molecule has 0 saturated carbocycles. The van der Waals surface area contributed by atoms with E-state index in [4.69, 9.17) is 5.73 Å². The van der Waals surface area contributed by atoms with Gasteiger partial charge in [-0.15, -0.1) is 0 Å². The quantitative estimate of drug-likeness (QED) is 0.775. The minimum atomic E-state index is 0.570. The van der Waals surface area contributed by atoms with Gasteiger partial charge in [0.15, 0.2) is 0 Å². The van der Waals surface area contributed by atoms with Crippen LogP contribution in [-0.4, -0.2) is 14.3 Å². The maximum atomic E-state index is 5.85. The van der Waals surface area contributed by atoms with Crippen LogP contribution < -0.4 is 5.73 Å². The largest absolute Gasteiger partial charge is 0.343 e. The summed E-state index contributed by atoms with van der Waals surface area (Å²) in [6.45, 7) is 1.50.